The number of phenols is 1. The average Bonchev–Trinajstić information content (AvgIpc) is 2.79. The first-order chi connectivity index (χ1) is 8.31. The predicted molar refractivity (Wildman–Crippen MR) is 69.9 cm³/mol. The monoisotopic (exact) mass is 225 g/mol. The van der Waals surface area contributed by atoms with Crippen molar-refractivity contribution in [3.05, 3.63) is 53.6 Å². The van der Waals surface area contributed by atoms with Crippen molar-refractivity contribution in [2.75, 3.05) is 5.32 Å². The molecule has 2 aromatic rings. The fourth-order valence-corrected chi connectivity index (χ4v) is 2.36. The Kier molecular flexibility index (Phi) is 2.48. The molecule has 2 heteroatoms. The Morgan fingerprint density at radius 1 is 0.824 bits per heavy atom. The summed E-state index contributed by atoms with van der Waals surface area (Å²) in [6, 6.07) is 13.7. The minimum absolute atomic E-state index is 0.296. The van der Waals surface area contributed by atoms with Gasteiger partial charge in [-0.2, -0.15) is 0 Å². The van der Waals surface area contributed by atoms with E-state index in [0.717, 1.165) is 11.4 Å². The average molecular weight is 225 g/mol. The zero-order valence-corrected chi connectivity index (χ0v) is 9.61. The SMILES string of the molecule is Oc1ccc(Nc2ccc3c(c2)CCC3)cc1. The van der Waals surface area contributed by atoms with Crippen LogP contribution in [0.5, 0.6) is 5.75 Å². The Hall–Kier alpha value is -1.96. The van der Waals surface area contributed by atoms with Gasteiger partial charge in [-0.25, -0.2) is 0 Å². The molecule has 1 aliphatic rings. The van der Waals surface area contributed by atoms with Crippen molar-refractivity contribution in [1.82, 2.24) is 0 Å². The van der Waals surface area contributed by atoms with Crippen molar-refractivity contribution in [3.8, 4) is 5.75 Å². The zero-order valence-electron chi connectivity index (χ0n) is 9.61. The molecule has 2 N–H and O–H groups in total. The molecule has 0 amide bonds. The summed E-state index contributed by atoms with van der Waals surface area (Å²) in [6.45, 7) is 0. The van der Waals surface area contributed by atoms with Crippen LogP contribution in [0.2, 0.25) is 0 Å². The topological polar surface area (TPSA) is 32.3 Å². The minimum Gasteiger partial charge on any atom is -0.508 e. The van der Waals surface area contributed by atoms with Crippen molar-refractivity contribution >= 4 is 11.4 Å². The highest BCUT2D eigenvalue weighted by atomic mass is 16.3. The quantitative estimate of drug-likeness (QED) is 0.765. The third-order valence-electron chi connectivity index (χ3n) is 3.25. The minimum atomic E-state index is 0.296. The molecular formula is C15H15NO. The number of phenolic OH excluding ortho intramolecular Hbond substituents is 1. The predicted octanol–water partition coefficient (Wildman–Crippen LogP) is 3.62. The maximum Gasteiger partial charge on any atom is 0.115 e. The molecule has 17 heavy (non-hydrogen) atoms. The fourth-order valence-electron chi connectivity index (χ4n) is 2.36. The Balaban J connectivity index is 1.83. The van der Waals surface area contributed by atoms with Crippen molar-refractivity contribution in [1.29, 1.82) is 0 Å². The van der Waals surface area contributed by atoms with Crippen LogP contribution in [-0.2, 0) is 12.8 Å². The number of aromatic hydroxyl groups is 1. The molecular weight excluding hydrogens is 210 g/mol. The van der Waals surface area contributed by atoms with E-state index in [0.29, 0.717) is 5.75 Å². The molecule has 0 atom stereocenters. The fraction of sp³-hybridized carbons (Fsp3) is 0.200. The number of rotatable bonds is 2. The summed E-state index contributed by atoms with van der Waals surface area (Å²) in [5.74, 6) is 0.296. The number of benzene rings is 2. The van der Waals surface area contributed by atoms with Crippen LogP contribution in [-0.4, -0.2) is 5.11 Å². The summed E-state index contributed by atoms with van der Waals surface area (Å²) in [7, 11) is 0. The summed E-state index contributed by atoms with van der Waals surface area (Å²) < 4.78 is 0. The van der Waals surface area contributed by atoms with Gasteiger partial charge in [-0.1, -0.05) is 6.07 Å². The maximum atomic E-state index is 9.22. The van der Waals surface area contributed by atoms with Crippen LogP contribution in [0.3, 0.4) is 0 Å². The van der Waals surface area contributed by atoms with Gasteiger partial charge in [0.05, 0.1) is 0 Å². The molecule has 0 saturated carbocycles. The number of hydrogen-bond donors (Lipinski definition) is 2. The van der Waals surface area contributed by atoms with Crippen LogP contribution < -0.4 is 5.32 Å². The highest BCUT2D eigenvalue weighted by Gasteiger charge is 2.10. The molecule has 0 radical (unpaired) electrons. The number of anilines is 2. The third-order valence-corrected chi connectivity index (χ3v) is 3.25. The Bertz CT molecular complexity index is 531. The molecule has 0 saturated heterocycles. The van der Waals surface area contributed by atoms with Crippen LogP contribution >= 0.6 is 0 Å². The van der Waals surface area contributed by atoms with Crippen LogP contribution in [0.25, 0.3) is 0 Å². The van der Waals surface area contributed by atoms with Gasteiger partial charge in [-0.15, -0.1) is 0 Å². The maximum absolute atomic E-state index is 9.22. The van der Waals surface area contributed by atoms with Crippen LogP contribution in [0, 0.1) is 0 Å². The van der Waals surface area contributed by atoms with Gasteiger partial charge in [0.2, 0.25) is 0 Å². The molecule has 0 heterocycles. The normalized spacial score (nSPS) is 13.4. The first-order valence-corrected chi connectivity index (χ1v) is 5.99. The van der Waals surface area contributed by atoms with Gasteiger partial charge in [-0.05, 0) is 66.8 Å². The van der Waals surface area contributed by atoms with Crippen LogP contribution in [0.1, 0.15) is 17.5 Å². The van der Waals surface area contributed by atoms with Crippen LogP contribution in [0.4, 0.5) is 11.4 Å². The Labute approximate surface area is 101 Å². The van der Waals surface area contributed by atoms with Gasteiger partial charge >= 0.3 is 0 Å². The van der Waals surface area contributed by atoms with Gasteiger partial charge in [-0.3, -0.25) is 0 Å². The lowest BCUT2D eigenvalue weighted by atomic mass is 10.1. The highest BCUT2D eigenvalue weighted by Crippen LogP contribution is 2.27. The standard InChI is InChI=1S/C15H15NO/c17-15-8-6-13(7-9-15)16-14-5-4-11-2-1-3-12(11)10-14/h4-10,16-17H,1-3H2. The van der Waals surface area contributed by atoms with Crippen molar-refractivity contribution in [2.45, 2.75) is 19.3 Å². The van der Waals surface area contributed by atoms with E-state index >= 15 is 0 Å². The smallest absolute Gasteiger partial charge is 0.115 e. The summed E-state index contributed by atoms with van der Waals surface area (Å²) in [5, 5.41) is 12.6. The van der Waals surface area contributed by atoms with E-state index in [9.17, 15) is 5.11 Å². The van der Waals surface area contributed by atoms with E-state index in [1.807, 2.05) is 12.1 Å². The van der Waals surface area contributed by atoms with Gasteiger partial charge in [0, 0.05) is 11.4 Å². The third kappa shape index (κ3) is 2.11. The van der Waals surface area contributed by atoms with E-state index in [1.165, 1.54) is 30.4 Å². The lowest BCUT2D eigenvalue weighted by Gasteiger charge is -2.08. The number of hydrogen-bond acceptors (Lipinski definition) is 2. The molecule has 1 aliphatic carbocycles. The van der Waals surface area contributed by atoms with Crippen molar-refractivity contribution in [2.24, 2.45) is 0 Å². The second-order valence-corrected chi connectivity index (χ2v) is 4.51. The largest absolute Gasteiger partial charge is 0.508 e. The Morgan fingerprint density at radius 3 is 2.35 bits per heavy atom. The second kappa shape index (κ2) is 4.13. The lowest BCUT2D eigenvalue weighted by Crippen LogP contribution is -1.91. The molecule has 0 bridgehead atoms. The number of nitrogens with one attached hydrogen (secondary N) is 1. The second-order valence-electron chi connectivity index (χ2n) is 4.51. The first-order valence-electron chi connectivity index (χ1n) is 5.99. The zero-order chi connectivity index (χ0) is 11.7. The molecule has 86 valence electrons. The summed E-state index contributed by atoms with van der Waals surface area (Å²) in [4.78, 5) is 0. The molecule has 0 aliphatic heterocycles. The number of fused-ring (bicyclic) bond motifs is 1. The summed E-state index contributed by atoms with van der Waals surface area (Å²) in [6.07, 6.45) is 3.69. The molecule has 2 aromatic carbocycles. The molecule has 0 aromatic heterocycles. The van der Waals surface area contributed by atoms with Crippen LogP contribution in [0.15, 0.2) is 42.5 Å². The van der Waals surface area contributed by atoms with E-state index in [1.54, 1.807) is 12.1 Å². The van der Waals surface area contributed by atoms with Gasteiger partial charge in [0.1, 0.15) is 5.75 Å². The van der Waals surface area contributed by atoms with E-state index in [4.69, 9.17) is 0 Å². The summed E-state index contributed by atoms with van der Waals surface area (Å²) in [5.41, 5.74) is 5.08. The molecule has 2 nitrogen and oxygen atoms in total. The summed E-state index contributed by atoms with van der Waals surface area (Å²) >= 11 is 0. The highest BCUT2D eigenvalue weighted by molar-refractivity contribution is 5.62. The van der Waals surface area contributed by atoms with E-state index in [-0.39, 0.29) is 0 Å². The molecule has 0 fully saturated rings. The lowest BCUT2D eigenvalue weighted by molar-refractivity contribution is 0.475. The molecule has 0 unspecified atom stereocenters. The van der Waals surface area contributed by atoms with Crippen molar-refractivity contribution in [3.63, 3.8) is 0 Å². The van der Waals surface area contributed by atoms with Gasteiger partial charge in [0.15, 0.2) is 0 Å². The van der Waals surface area contributed by atoms with Gasteiger partial charge in [0.25, 0.3) is 0 Å². The van der Waals surface area contributed by atoms with E-state index in [2.05, 4.69) is 23.5 Å². The number of aryl methyl sites for hydroxylation is 2. The molecule has 3 rings (SSSR count). The van der Waals surface area contributed by atoms with Crippen molar-refractivity contribution < 1.29 is 5.11 Å². The van der Waals surface area contributed by atoms with E-state index < -0.39 is 0 Å². The molecule has 0 spiro atoms. The first kappa shape index (κ1) is 10.2. The van der Waals surface area contributed by atoms with Gasteiger partial charge < -0.3 is 10.4 Å². The Morgan fingerprint density at radius 2 is 1.53 bits per heavy atom.